The van der Waals surface area contributed by atoms with E-state index in [1.54, 1.807) is 12.1 Å². The Morgan fingerprint density at radius 2 is 1.88 bits per heavy atom. The van der Waals surface area contributed by atoms with E-state index in [9.17, 15) is 9.18 Å². The Kier molecular flexibility index (Phi) is 3.37. The number of ketones is 1. The van der Waals surface area contributed by atoms with Gasteiger partial charge in [-0.1, -0.05) is 6.92 Å². The first kappa shape index (κ1) is 11.3. The van der Waals surface area contributed by atoms with Crippen molar-refractivity contribution in [2.75, 3.05) is 0 Å². The van der Waals surface area contributed by atoms with Crippen LogP contribution in [0.1, 0.15) is 54.1 Å². The number of carbonyl (C=O) groups excluding carboxylic acids is 1. The molecular weight excluding hydrogens is 203 g/mol. The lowest BCUT2D eigenvalue weighted by Crippen LogP contribution is -2.09. The molecule has 0 aromatic heterocycles. The molecule has 0 N–H and O–H groups in total. The number of benzene rings is 1. The lowest BCUT2D eigenvalue weighted by Gasteiger charge is -2.16. The predicted octanol–water partition coefficient (Wildman–Crippen LogP) is 3.69. The number of fused-ring (bicyclic) bond motifs is 1. The van der Waals surface area contributed by atoms with E-state index in [-0.39, 0.29) is 11.6 Å². The topological polar surface area (TPSA) is 17.1 Å². The van der Waals surface area contributed by atoms with Gasteiger partial charge in [0, 0.05) is 6.42 Å². The van der Waals surface area contributed by atoms with Gasteiger partial charge in [-0.2, -0.15) is 0 Å². The first-order valence-electron chi connectivity index (χ1n) is 6.07. The van der Waals surface area contributed by atoms with Gasteiger partial charge in [0.15, 0.2) is 5.78 Å². The number of carbonyl (C=O) groups is 1. The molecule has 0 bridgehead atoms. The second-order valence-corrected chi connectivity index (χ2v) is 4.48. The molecule has 0 aliphatic heterocycles. The average molecular weight is 220 g/mol. The fraction of sp³-hybridized carbons (Fsp3) is 0.500. The van der Waals surface area contributed by atoms with E-state index in [4.69, 9.17) is 0 Å². The number of rotatable bonds is 3. The molecule has 0 spiro atoms. The third kappa shape index (κ3) is 2.16. The number of Topliss-reactive ketones (excluding diaryl/α,β-unsaturated/α-hetero) is 1. The summed E-state index contributed by atoms with van der Waals surface area (Å²) in [6.07, 6.45) is 5.44. The number of aryl methyl sites for hydroxylation is 2. The monoisotopic (exact) mass is 220 g/mol. The fourth-order valence-electron chi connectivity index (χ4n) is 2.33. The molecule has 1 aliphatic carbocycles. The Balaban J connectivity index is 2.35. The summed E-state index contributed by atoms with van der Waals surface area (Å²) in [5.41, 5.74) is 2.56. The second kappa shape index (κ2) is 4.77. The van der Waals surface area contributed by atoms with E-state index in [1.165, 1.54) is 5.56 Å². The van der Waals surface area contributed by atoms with E-state index in [0.717, 1.165) is 37.7 Å². The SMILES string of the molecule is CCCC(=O)c1cc2c(cc1F)CCCC2. The van der Waals surface area contributed by atoms with Crippen molar-refractivity contribution >= 4 is 5.78 Å². The Hall–Kier alpha value is -1.18. The first-order chi connectivity index (χ1) is 7.72. The van der Waals surface area contributed by atoms with E-state index >= 15 is 0 Å². The zero-order chi connectivity index (χ0) is 11.5. The Morgan fingerprint density at radius 1 is 1.25 bits per heavy atom. The molecule has 0 atom stereocenters. The van der Waals surface area contributed by atoms with Gasteiger partial charge in [-0.3, -0.25) is 4.79 Å². The fourth-order valence-corrected chi connectivity index (χ4v) is 2.33. The highest BCUT2D eigenvalue weighted by Crippen LogP contribution is 2.25. The first-order valence-corrected chi connectivity index (χ1v) is 6.07. The Morgan fingerprint density at radius 3 is 2.50 bits per heavy atom. The van der Waals surface area contributed by atoms with Crippen molar-refractivity contribution in [3.05, 3.63) is 34.6 Å². The smallest absolute Gasteiger partial charge is 0.165 e. The molecule has 1 aliphatic rings. The van der Waals surface area contributed by atoms with Gasteiger partial charge in [0.2, 0.25) is 0 Å². The number of halogens is 1. The number of hydrogen-bond donors (Lipinski definition) is 0. The van der Waals surface area contributed by atoms with Crippen molar-refractivity contribution in [1.29, 1.82) is 0 Å². The molecule has 0 saturated heterocycles. The van der Waals surface area contributed by atoms with Crippen molar-refractivity contribution in [1.82, 2.24) is 0 Å². The van der Waals surface area contributed by atoms with Crippen molar-refractivity contribution in [3.63, 3.8) is 0 Å². The zero-order valence-electron chi connectivity index (χ0n) is 9.68. The molecule has 0 fully saturated rings. The molecule has 2 rings (SSSR count). The summed E-state index contributed by atoms with van der Waals surface area (Å²) in [4.78, 5) is 11.7. The largest absolute Gasteiger partial charge is 0.294 e. The summed E-state index contributed by atoms with van der Waals surface area (Å²) in [5.74, 6) is -0.396. The van der Waals surface area contributed by atoms with Gasteiger partial charge in [0.25, 0.3) is 0 Å². The van der Waals surface area contributed by atoms with Crippen LogP contribution in [0.25, 0.3) is 0 Å². The lowest BCUT2D eigenvalue weighted by molar-refractivity contribution is 0.0977. The summed E-state index contributed by atoms with van der Waals surface area (Å²) < 4.78 is 13.7. The van der Waals surface area contributed by atoms with Crippen LogP contribution >= 0.6 is 0 Å². The molecule has 86 valence electrons. The average Bonchev–Trinajstić information content (AvgIpc) is 2.28. The Labute approximate surface area is 95.7 Å². The second-order valence-electron chi connectivity index (χ2n) is 4.48. The summed E-state index contributed by atoms with van der Waals surface area (Å²) in [6.45, 7) is 1.94. The van der Waals surface area contributed by atoms with Crippen molar-refractivity contribution < 1.29 is 9.18 Å². The van der Waals surface area contributed by atoms with Crippen LogP contribution in [0.5, 0.6) is 0 Å². The number of hydrogen-bond acceptors (Lipinski definition) is 1. The molecular formula is C14H17FO. The third-order valence-corrected chi connectivity index (χ3v) is 3.21. The van der Waals surface area contributed by atoms with Crippen LogP contribution < -0.4 is 0 Å². The van der Waals surface area contributed by atoms with Gasteiger partial charge in [0.05, 0.1) is 5.56 Å². The molecule has 0 heterocycles. The minimum Gasteiger partial charge on any atom is -0.294 e. The zero-order valence-corrected chi connectivity index (χ0v) is 9.68. The van der Waals surface area contributed by atoms with Gasteiger partial charge in [0.1, 0.15) is 5.82 Å². The third-order valence-electron chi connectivity index (χ3n) is 3.21. The Bertz CT molecular complexity index is 409. The summed E-state index contributed by atoms with van der Waals surface area (Å²) in [6, 6.07) is 3.35. The van der Waals surface area contributed by atoms with E-state index in [0.29, 0.717) is 12.0 Å². The molecule has 0 amide bonds. The van der Waals surface area contributed by atoms with Crippen LogP contribution in [-0.4, -0.2) is 5.78 Å². The van der Waals surface area contributed by atoms with Gasteiger partial charge in [-0.15, -0.1) is 0 Å². The minimum atomic E-state index is -0.334. The van der Waals surface area contributed by atoms with Crippen molar-refractivity contribution in [3.8, 4) is 0 Å². The lowest BCUT2D eigenvalue weighted by atomic mass is 9.89. The minimum absolute atomic E-state index is 0.0617. The van der Waals surface area contributed by atoms with Crippen LogP contribution in [0, 0.1) is 5.82 Å². The highest BCUT2D eigenvalue weighted by atomic mass is 19.1. The predicted molar refractivity (Wildman–Crippen MR) is 62.3 cm³/mol. The maximum absolute atomic E-state index is 13.7. The molecule has 0 saturated carbocycles. The summed E-state index contributed by atoms with van der Waals surface area (Å²) >= 11 is 0. The van der Waals surface area contributed by atoms with Gasteiger partial charge >= 0.3 is 0 Å². The molecule has 1 nitrogen and oxygen atoms in total. The van der Waals surface area contributed by atoms with Gasteiger partial charge in [-0.05, 0) is 55.4 Å². The molecule has 0 unspecified atom stereocenters. The van der Waals surface area contributed by atoms with Gasteiger partial charge < -0.3 is 0 Å². The van der Waals surface area contributed by atoms with E-state index in [2.05, 4.69) is 0 Å². The van der Waals surface area contributed by atoms with Crippen LogP contribution in [0.2, 0.25) is 0 Å². The standard InChI is InChI=1S/C14H17FO/c1-2-5-14(16)12-8-10-6-3-4-7-11(10)9-13(12)15/h8-9H,2-7H2,1H3. The molecule has 0 radical (unpaired) electrons. The van der Waals surface area contributed by atoms with Crippen LogP contribution in [0.4, 0.5) is 4.39 Å². The summed E-state index contributed by atoms with van der Waals surface area (Å²) in [7, 11) is 0. The maximum atomic E-state index is 13.7. The van der Waals surface area contributed by atoms with Crippen LogP contribution in [-0.2, 0) is 12.8 Å². The highest BCUT2D eigenvalue weighted by molar-refractivity contribution is 5.96. The molecule has 16 heavy (non-hydrogen) atoms. The molecule has 1 aromatic rings. The molecule has 2 heteroatoms. The van der Waals surface area contributed by atoms with Crippen molar-refractivity contribution in [2.45, 2.75) is 45.4 Å². The highest BCUT2D eigenvalue weighted by Gasteiger charge is 2.17. The van der Waals surface area contributed by atoms with Gasteiger partial charge in [-0.25, -0.2) is 4.39 Å². The van der Waals surface area contributed by atoms with Crippen LogP contribution in [0.3, 0.4) is 0 Å². The normalized spacial score (nSPS) is 14.6. The van der Waals surface area contributed by atoms with E-state index in [1.807, 2.05) is 6.92 Å². The maximum Gasteiger partial charge on any atom is 0.165 e. The molecule has 1 aromatic carbocycles. The quantitative estimate of drug-likeness (QED) is 0.710. The van der Waals surface area contributed by atoms with Crippen LogP contribution in [0.15, 0.2) is 12.1 Å². The summed E-state index contributed by atoms with van der Waals surface area (Å²) in [5, 5.41) is 0. The van der Waals surface area contributed by atoms with E-state index < -0.39 is 0 Å². The van der Waals surface area contributed by atoms with Crippen molar-refractivity contribution in [2.24, 2.45) is 0 Å².